The van der Waals surface area contributed by atoms with Crippen LogP contribution < -0.4 is 16.8 Å². The van der Waals surface area contributed by atoms with Crippen molar-refractivity contribution < 1.29 is 9.53 Å². The van der Waals surface area contributed by atoms with Gasteiger partial charge in [-0.3, -0.25) is 4.90 Å². The van der Waals surface area contributed by atoms with Crippen molar-refractivity contribution in [3.63, 3.8) is 0 Å². The number of hydrogen-bond donors (Lipinski definition) is 3. The van der Waals surface area contributed by atoms with Crippen molar-refractivity contribution in [1.82, 2.24) is 10.2 Å². The topological polar surface area (TPSA) is 93.6 Å². The molecular formula is C13H28N4O2. The SMILES string of the molecule is CCC(CC)C1CN(CC(C)(N)NC(N)=O)CCO1. The predicted molar refractivity (Wildman–Crippen MR) is 75.6 cm³/mol. The molecule has 2 atom stereocenters. The smallest absolute Gasteiger partial charge is 0.313 e. The summed E-state index contributed by atoms with van der Waals surface area (Å²) < 4.78 is 5.85. The highest BCUT2D eigenvalue weighted by molar-refractivity contribution is 5.72. The maximum absolute atomic E-state index is 10.9. The second kappa shape index (κ2) is 7.07. The molecule has 1 heterocycles. The number of urea groups is 1. The van der Waals surface area contributed by atoms with Crippen LogP contribution in [-0.4, -0.2) is 48.9 Å². The van der Waals surface area contributed by atoms with E-state index in [-0.39, 0.29) is 6.10 Å². The molecule has 1 rings (SSSR count). The minimum atomic E-state index is -0.804. The van der Waals surface area contributed by atoms with Crippen LogP contribution in [0.3, 0.4) is 0 Å². The number of carbonyl (C=O) groups is 1. The molecule has 0 aromatic heterocycles. The number of ether oxygens (including phenoxy) is 1. The third-order valence-corrected chi connectivity index (χ3v) is 3.71. The molecule has 1 fully saturated rings. The Hall–Kier alpha value is -0.850. The zero-order valence-corrected chi connectivity index (χ0v) is 12.3. The summed E-state index contributed by atoms with van der Waals surface area (Å²) in [6.45, 7) is 9.16. The number of nitrogens with two attached hydrogens (primary N) is 2. The summed E-state index contributed by atoms with van der Waals surface area (Å²) in [5, 5.41) is 2.57. The molecule has 6 nitrogen and oxygen atoms in total. The Morgan fingerprint density at radius 2 is 2.16 bits per heavy atom. The van der Waals surface area contributed by atoms with E-state index in [1.54, 1.807) is 6.92 Å². The maximum Gasteiger partial charge on any atom is 0.313 e. The van der Waals surface area contributed by atoms with Crippen LogP contribution in [0.2, 0.25) is 0 Å². The largest absolute Gasteiger partial charge is 0.375 e. The molecule has 112 valence electrons. The molecule has 2 unspecified atom stereocenters. The van der Waals surface area contributed by atoms with E-state index in [0.717, 1.165) is 25.9 Å². The second-order valence-corrected chi connectivity index (χ2v) is 5.63. The fourth-order valence-corrected chi connectivity index (χ4v) is 2.76. The monoisotopic (exact) mass is 272 g/mol. The van der Waals surface area contributed by atoms with E-state index in [1.807, 2.05) is 0 Å². The van der Waals surface area contributed by atoms with E-state index in [1.165, 1.54) is 0 Å². The van der Waals surface area contributed by atoms with Gasteiger partial charge < -0.3 is 21.5 Å². The lowest BCUT2D eigenvalue weighted by Gasteiger charge is -2.40. The molecule has 0 spiro atoms. The molecular weight excluding hydrogens is 244 g/mol. The van der Waals surface area contributed by atoms with Gasteiger partial charge >= 0.3 is 6.03 Å². The standard InChI is InChI=1S/C13H28N4O2/c1-4-10(5-2)11-8-17(6-7-19-11)9-13(3,15)16-12(14)18/h10-11H,4-9,15H2,1-3H3,(H3,14,16,18). The second-order valence-electron chi connectivity index (χ2n) is 5.63. The van der Waals surface area contributed by atoms with Gasteiger partial charge in [-0.15, -0.1) is 0 Å². The van der Waals surface area contributed by atoms with Crippen molar-refractivity contribution in [3.8, 4) is 0 Å². The van der Waals surface area contributed by atoms with Crippen molar-refractivity contribution in [1.29, 1.82) is 0 Å². The molecule has 0 aromatic rings. The van der Waals surface area contributed by atoms with Gasteiger partial charge in [0.1, 0.15) is 0 Å². The summed E-state index contributed by atoms with van der Waals surface area (Å²) in [6, 6.07) is -0.588. The number of nitrogens with one attached hydrogen (secondary N) is 1. The van der Waals surface area contributed by atoms with Crippen LogP contribution >= 0.6 is 0 Å². The zero-order chi connectivity index (χ0) is 14.5. The van der Waals surface area contributed by atoms with Gasteiger partial charge in [-0.2, -0.15) is 0 Å². The Bertz CT molecular complexity index is 292. The van der Waals surface area contributed by atoms with E-state index < -0.39 is 11.7 Å². The molecule has 1 saturated heterocycles. The summed E-state index contributed by atoms with van der Waals surface area (Å²) in [7, 11) is 0. The number of primary amides is 1. The number of hydrogen-bond acceptors (Lipinski definition) is 4. The fraction of sp³-hybridized carbons (Fsp3) is 0.923. The van der Waals surface area contributed by atoms with Crippen molar-refractivity contribution in [2.24, 2.45) is 17.4 Å². The molecule has 5 N–H and O–H groups in total. The van der Waals surface area contributed by atoms with Gasteiger partial charge in [-0.25, -0.2) is 4.79 Å². The quantitative estimate of drug-likeness (QED) is 0.613. The molecule has 2 amide bonds. The molecule has 0 bridgehead atoms. The molecule has 0 aliphatic carbocycles. The fourth-order valence-electron chi connectivity index (χ4n) is 2.76. The van der Waals surface area contributed by atoms with Crippen molar-refractivity contribution >= 4 is 6.03 Å². The number of rotatable bonds is 6. The van der Waals surface area contributed by atoms with Crippen LogP contribution in [0.25, 0.3) is 0 Å². The van der Waals surface area contributed by atoms with Crippen molar-refractivity contribution in [2.75, 3.05) is 26.2 Å². The summed E-state index contributed by atoms with van der Waals surface area (Å²) in [5.74, 6) is 0.580. The Balaban J connectivity index is 2.52. The zero-order valence-electron chi connectivity index (χ0n) is 12.3. The van der Waals surface area contributed by atoms with Gasteiger partial charge in [0.05, 0.1) is 18.4 Å². The Morgan fingerprint density at radius 3 is 2.68 bits per heavy atom. The molecule has 6 heteroatoms. The Labute approximate surface area is 115 Å². The van der Waals surface area contributed by atoms with E-state index >= 15 is 0 Å². The highest BCUT2D eigenvalue weighted by Crippen LogP contribution is 2.20. The van der Waals surface area contributed by atoms with Crippen LogP contribution in [0.1, 0.15) is 33.6 Å². The number of amides is 2. The summed E-state index contributed by atoms with van der Waals surface area (Å²) in [4.78, 5) is 13.1. The van der Waals surface area contributed by atoms with Crippen LogP contribution in [0.15, 0.2) is 0 Å². The minimum absolute atomic E-state index is 0.258. The van der Waals surface area contributed by atoms with Crippen LogP contribution in [0.4, 0.5) is 4.79 Å². The molecule has 1 aliphatic rings. The first-order chi connectivity index (χ1) is 8.88. The average Bonchev–Trinajstić information content (AvgIpc) is 2.28. The summed E-state index contributed by atoms with van der Waals surface area (Å²) >= 11 is 0. The lowest BCUT2D eigenvalue weighted by atomic mass is 9.95. The molecule has 1 aliphatic heterocycles. The minimum Gasteiger partial charge on any atom is -0.375 e. The van der Waals surface area contributed by atoms with E-state index in [9.17, 15) is 4.79 Å². The highest BCUT2D eigenvalue weighted by atomic mass is 16.5. The van der Waals surface area contributed by atoms with Gasteiger partial charge in [-0.1, -0.05) is 26.7 Å². The molecule has 0 radical (unpaired) electrons. The van der Waals surface area contributed by atoms with Crippen LogP contribution in [-0.2, 0) is 4.74 Å². The first-order valence-electron chi connectivity index (χ1n) is 7.08. The number of carbonyl (C=O) groups excluding carboxylic acids is 1. The van der Waals surface area contributed by atoms with E-state index in [4.69, 9.17) is 16.2 Å². The van der Waals surface area contributed by atoms with Gasteiger partial charge in [0.25, 0.3) is 0 Å². The maximum atomic E-state index is 10.9. The number of morpholine rings is 1. The average molecular weight is 272 g/mol. The summed E-state index contributed by atoms with van der Waals surface area (Å²) in [5.41, 5.74) is 10.4. The Kier molecular flexibility index (Phi) is 6.03. The normalized spacial score (nSPS) is 24.2. The third-order valence-electron chi connectivity index (χ3n) is 3.71. The van der Waals surface area contributed by atoms with Gasteiger partial charge in [0, 0.05) is 19.6 Å². The first kappa shape index (κ1) is 16.2. The molecule has 19 heavy (non-hydrogen) atoms. The van der Waals surface area contributed by atoms with E-state index in [0.29, 0.717) is 19.1 Å². The molecule has 0 saturated carbocycles. The summed E-state index contributed by atoms with van der Waals surface area (Å²) in [6.07, 6.45) is 2.50. The third kappa shape index (κ3) is 5.34. The lowest BCUT2D eigenvalue weighted by molar-refractivity contribution is -0.0639. The van der Waals surface area contributed by atoms with Crippen molar-refractivity contribution in [3.05, 3.63) is 0 Å². The first-order valence-corrected chi connectivity index (χ1v) is 7.08. The van der Waals surface area contributed by atoms with Gasteiger partial charge in [-0.05, 0) is 12.8 Å². The highest BCUT2D eigenvalue weighted by Gasteiger charge is 2.30. The van der Waals surface area contributed by atoms with Gasteiger partial charge in [0.2, 0.25) is 0 Å². The molecule has 0 aromatic carbocycles. The Morgan fingerprint density at radius 1 is 1.53 bits per heavy atom. The lowest BCUT2D eigenvalue weighted by Crippen LogP contribution is -2.63. The van der Waals surface area contributed by atoms with Crippen LogP contribution in [0.5, 0.6) is 0 Å². The van der Waals surface area contributed by atoms with Gasteiger partial charge in [0.15, 0.2) is 0 Å². The predicted octanol–water partition coefficient (Wildman–Crippen LogP) is 0.467. The number of nitrogens with zero attached hydrogens (tertiary/aromatic N) is 1. The van der Waals surface area contributed by atoms with Crippen LogP contribution in [0, 0.1) is 5.92 Å². The van der Waals surface area contributed by atoms with Crippen molar-refractivity contribution in [2.45, 2.75) is 45.4 Å². The van der Waals surface area contributed by atoms with E-state index in [2.05, 4.69) is 24.1 Å².